The van der Waals surface area contributed by atoms with Crippen LogP contribution in [0.1, 0.15) is 0 Å². The van der Waals surface area contributed by atoms with E-state index in [1.807, 2.05) is 0 Å². The Labute approximate surface area is 70.6 Å². The van der Waals surface area contributed by atoms with Crippen LogP contribution in [0.25, 0.3) is 10.9 Å². The summed E-state index contributed by atoms with van der Waals surface area (Å²) in [5, 5.41) is 0.562. The van der Waals surface area contributed by atoms with Crippen molar-refractivity contribution in [3.63, 3.8) is 0 Å². The van der Waals surface area contributed by atoms with Gasteiger partial charge < -0.3 is 4.98 Å². The fourth-order valence-corrected chi connectivity index (χ4v) is 1.42. The summed E-state index contributed by atoms with van der Waals surface area (Å²) in [5.74, 6) is -0.301. The van der Waals surface area contributed by atoms with E-state index < -0.39 is 0 Å². The van der Waals surface area contributed by atoms with Gasteiger partial charge in [0.15, 0.2) is 5.82 Å². The molecule has 2 nitrogen and oxygen atoms in total. The molecule has 56 valence electrons. The molecular weight excluding hydrogens is 211 g/mol. The van der Waals surface area contributed by atoms with Gasteiger partial charge >= 0.3 is 0 Å². The molecule has 0 saturated carbocycles. The molecule has 0 unspecified atom stereocenters. The lowest BCUT2D eigenvalue weighted by atomic mass is 10.3. The zero-order valence-corrected chi connectivity index (χ0v) is 7.02. The predicted octanol–water partition coefficient (Wildman–Crippen LogP) is 2.46. The summed E-state index contributed by atoms with van der Waals surface area (Å²) >= 11 is 3.20. The lowest BCUT2D eigenvalue weighted by molar-refractivity contribution is 0.633. The summed E-state index contributed by atoms with van der Waals surface area (Å²) in [6.45, 7) is 0. The molecule has 1 N–H and O–H groups in total. The number of nitrogens with one attached hydrogen (secondary N) is 1. The number of rotatable bonds is 0. The van der Waals surface area contributed by atoms with E-state index in [9.17, 15) is 4.39 Å². The molecule has 0 saturated heterocycles. The third-order valence-corrected chi connectivity index (χ3v) is 2.10. The van der Waals surface area contributed by atoms with Crippen molar-refractivity contribution >= 4 is 26.8 Å². The van der Waals surface area contributed by atoms with Crippen LogP contribution in [0, 0.1) is 5.82 Å². The van der Waals surface area contributed by atoms with E-state index in [2.05, 4.69) is 25.9 Å². The Balaban J connectivity index is 2.96. The van der Waals surface area contributed by atoms with Crippen molar-refractivity contribution in [2.45, 2.75) is 0 Å². The van der Waals surface area contributed by atoms with E-state index in [0.717, 1.165) is 0 Å². The maximum absolute atomic E-state index is 12.9. The van der Waals surface area contributed by atoms with E-state index in [-0.39, 0.29) is 5.82 Å². The predicted molar refractivity (Wildman–Crippen MR) is 43.8 cm³/mol. The first kappa shape index (κ1) is 6.79. The molecule has 2 aromatic heterocycles. The SMILES string of the molecule is Fc1cnc(Br)c2[nH]ccc12. The number of aromatic nitrogens is 2. The Morgan fingerprint density at radius 1 is 1.55 bits per heavy atom. The van der Waals surface area contributed by atoms with Crippen molar-refractivity contribution in [2.75, 3.05) is 0 Å². The highest BCUT2D eigenvalue weighted by atomic mass is 79.9. The van der Waals surface area contributed by atoms with E-state index in [1.54, 1.807) is 12.3 Å². The van der Waals surface area contributed by atoms with Crippen LogP contribution in [0.2, 0.25) is 0 Å². The third kappa shape index (κ3) is 0.939. The fraction of sp³-hybridized carbons (Fsp3) is 0. The first-order valence-corrected chi connectivity index (χ1v) is 3.85. The standard InChI is InChI=1S/C7H4BrFN2/c8-7-6-4(1-2-10-6)5(9)3-11-7/h1-3,10H. The summed E-state index contributed by atoms with van der Waals surface area (Å²) in [6.07, 6.45) is 2.88. The number of H-pyrrole nitrogens is 1. The van der Waals surface area contributed by atoms with Gasteiger partial charge in [0.05, 0.1) is 11.7 Å². The number of hydrogen-bond donors (Lipinski definition) is 1. The van der Waals surface area contributed by atoms with Crippen molar-refractivity contribution in [1.82, 2.24) is 9.97 Å². The van der Waals surface area contributed by atoms with E-state index in [4.69, 9.17) is 0 Å². The first-order chi connectivity index (χ1) is 5.29. The van der Waals surface area contributed by atoms with Gasteiger partial charge in [0.2, 0.25) is 0 Å². The summed E-state index contributed by atoms with van der Waals surface area (Å²) in [4.78, 5) is 6.67. The minimum Gasteiger partial charge on any atom is -0.359 e. The molecular formula is C7H4BrFN2. The monoisotopic (exact) mass is 214 g/mol. The average Bonchev–Trinajstić information content (AvgIpc) is 2.45. The molecule has 0 aliphatic heterocycles. The summed E-state index contributed by atoms with van der Waals surface area (Å²) in [7, 11) is 0. The summed E-state index contributed by atoms with van der Waals surface area (Å²) in [5.41, 5.74) is 0.699. The van der Waals surface area contributed by atoms with Gasteiger partial charge in [-0.25, -0.2) is 9.37 Å². The molecule has 0 aromatic carbocycles. The number of aromatic amines is 1. The topological polar surface area (TPSA) is 28.7 Å². The van der Waals surface area contributed by atoms with Crippen molar-refractivity contribution in [1.29, 1.82) is 0 Å². The highest BCUT2D eigenvalue weighted by Gasteiger charge is 2.04. The van der Waals surface area contributed by atoms with Gasteiger partial charge in [-0.15, -0.1) is 0 Å². The second-order valence-electron chi connectivity index (χ2n) is 2.16. The zero-order valence-electron chi connectivity index (χ0n) is 5.44. The van der Waals surface area contributed by atoms with Crippen LogP contribution in [0.5, 0.6) is 0 Å². The minimum absolute atomic E-state index is 0.301. The normalized spacial score (nSPS) is 10.7. The Morgan fingerprint density at radius 2 is 2.36 bits per heavy atom. The Morgan fingerprint density at radius 3 is 3.09 bits per heavy atom. The molecule has 11 heavy (non-hydrogen) atoms. The van der Waals surface area contributed by atoms with Crippen molar-refractivity contribution in [3.05, 3.63) is 28.9 Å². The first-order valence-electron chi connectivity index (χ1n) is 3.06. The van der Waals surface area contributed by atoms with Crippen LogP contribution in [-0.4, -0.2) is 9.97 Å². The Kier molecular flexibility index (Phi) is 1.42. The molecule has 0 amide bonds. The van der Waals surface area contributed by atoms with Crippen LogP contribution < -0.4 is 0 Å². The van der Waals surface area contributed by atoms with E-state index in [0.29, 0.717) is 15.5 Å². The maximum Gasteiger partial charge on any atom is 0.150 e. The molecule has 2 aromatic rings. The molecule has 0 bridgehead atoms. The number of fused-ring (bicyclic) bond motifs is 1. The van der Waals surface area contributed by atoms with Crippen molar-refractivity contribution in [2.24, 2.45) is 0 Å². The zero-order chi connectivity index (χ0) is 7.84. The largest absolute Gasteiger partial charge is 0.359 e. The van der Waals surface area contributed by atoms with Crippen LogP contribution in [-0.2, 0) is 0 Å². The van der Waals surface area contributed by atoms with Gasteiger partial charge in [-0.05, 0) is 22.0 Å². The molecule has 0 fully saturated rings. The average molecular weight is 215 g/mol. The van der Waals surface area contributed by atoms with Gasteiger partial charge in [-0.2, -0.15) is 0 Å². The van der Waals surface area contributed by atoms with Crippen LogP contribution in [0.15, 0.2) is 23.1 Å². The molecule has 0 atom stereocenters. The highest BCUT2D eigenvalue weighted by molar-refractivity contribution is 9.10. The smallest absolute Gasteiger partial charge is 0.150 e. The second kappa shape index (κ2) is 2.30. The molecule has 0 spiro atoms. The van der Waals surface area contributed by atoms with Crippen LogP contribution in [0.4, 0.5) is 4.39 Å². The quantitative estimate of drug-likeness (QED) is 0.671. The molecule has 2 heterocycles. The molecule has 2 rings (SSSR count). The highest BCUT2D eigenvalue weighted by Crippen LogP contribution is 2.21. The van der Waals surface area contributed by atoms with E-state index >= 15 is 0 Å². The number of hydrogen-bond acceptors (Lipinski definition) is 1. The minimum atomic E-state index is -0.301. The van der Waals surface area contributed by atoms with Gasteiger partial charge in [0.1, 0.15) is 4.60 Å². The van der Waals surface area contributed by atoms with Gasteiger partial charge in [-0.1, -0.05) is 0 Å². The molecule has 0 aliphatic carbocycles. The maximum atomic E-state index is 12.9. The Bertz CT molecular complexity index is 360. The second-order valence-corrected chi connectivity index (χ2v) is 2.91. The van der Waals surface area contributed by atoms with Gasteiger partial charge in [-0.3, -0.25) is 0 Å². The summed E-state index contributed by atoms with van der Waals surface area (Å²) in [6, 6.07) is 1.68. The molecule has 0 radical (unpaired) electrons. The lowest BCUT2D eigenvalue weighted by Crippen LogP contribution is -1.81. The fourth-order valence-electron chi connectivity index (χ4n) is 0.987. The van der Waals surface area contributed by atoms with Crippen LogP contribution >= 0.6 is 15.9 Å². The lowest BCUT2D eigenvalue weighted by Gasteiger charge is -1.93. The number of nitrogens with zero attached hydrogens (tertiary/aromatic N) is 1. The van der Waals surface area contributed by atoms with Gasteiger partial charge in [0, 0.05) is 11.6 Å². The van der Waals surface area contributed by atoms with Gasteiger partial charge in [0.25, 0.3) is 0 Å². The van der Waals surface area contributed by atoms with Crippen LogP contribution in [0.3, 0.4) is 0 Å². The summed E-state index contributed by atoms with van der Waals surface area (Å²) < 4.78 is 13.5. The van der Waals surface area contributed by atoms with E-state index in [1.165, 1.54) is 6.20 Å². The molecule has 0 aliphatic rings. The number of halogens is 2. The van der Waals surface area contributed by atoms with Crippen molar-refractivity contribution < 1.29 is 4.39 Å². The molecule has 4 heteroatoms. The third-order valence-electron chi connectivity index (χ3n) is 1.50. The number of pyridine rings is 1. The Hall–Kier alpha value is -0.900. The van der Waals surface area contributed by atoms with Crippen molar-refractivity contribution in [3.8, 4) is 0 Å².